The van der Waals surface area contributed by atoms with Crippen molar-refractivity contribution in [3.05, 3.63) is 34.3 Å². The summed E-state index contributed by atoms with van der Waals surface area (Å²) in [7, 11) is 1.70. The van der Waals surface area contributed by atoms with Crippen molar-refractivity contribution >= 4 is 11.6 Å². The smallest absolute Gasteiger partial charge is 0.0587 e. The van der Waals surface area contributed by atoms with Crippen molar-refractivity contribution in [2.75, 3.05) is 20.3 Å². The van der Waals surface area contributed by atoms with Gasteiger partial charge in [-0.2, -0.15) is 0 Å². The second kappa shape index (κ2) is 6.02. The molecule has 1 N–H and O–H groups in total. The van der Waals surface area contributed by atoms with Gasteiger partial charge in [-0.05, 0) is 24.1 Å². The van der Waals surface area contributed by atoms with Crippen LogP contribution in [0.1, 0.15) is 11.1 Å². The van der Waals surface area contributed by atoms with Crippen LogP contribution in [0.15, 0.2) is 18.2 Å². The SMILES string of the molecule is COCCNCc1cccc(Cl)c1C. The molecule has 0 aliphatic heterocycles. The summed E-state index contributed by atoms with van der Waals surface area (Å²) in [5.41, 5.74) is 2.40. The van der Waals surface area contributed by atoms with Crippen molar-refractivity contribution in [1.82, 2.24) is 5.32 Å². The molecule has 0 fully saturated rings. The molecule has 0 amide bonds. The molecule has 14 heavy (non-hydrogen) atoms. The minimum atomic E-state index is 0.736. The fraction of sp³-hybridized carbons (Fsp3) is 0.455. The number of benzene rings is 1. The van der Waals surface area contributed by atoms with Crippen molar-refractivity contribution in [2.24, 2.45) is 0 Å². The van der Waals surface area contributed by atoms with Crippen molar-refractivity contribution < 1.29 is 4.74 Å². The summed E-state index contributed by atoms with van der Waals surface area (Å²) in [5, 5.41) is 4.12. The van der Waals surface area contributed by atoms with E-state index in [1.807, 2.05) is 19.1 Å². The molecule has 0 aromatic heterocycles. The fourth-order valence-corrected chi connectivity index (χ4v) is 1.44. The number of halogens is 1. The Balaban J connectivity index is 2.46. The molecule has 0 bridgehead atoms. The monoisotopic (exact) mass is 213 g/mol. The van der Waals surface area contributed by atoms with Gasteiger partial charge in [0.2, 0.25) is 0 Å². The van der Waals surface area contributed by atoms with E-state index in [4.69, 9.17) is 16.3 Å². The van der Waals surface area contributed by atoms with Crippen LogP contribution in [0.25, 0.3) is 0 Å². The lowest BCUT2D eigenvalue weighted by atomic mass is 10.1. The van der Waals surface area contributed by atoms with Crippen LogP contribution >= 0.6 is 11.6 Å². The summed E-state index contributed by atoms with van der Waals surface area (Å²) in [6.45, 7) is 4.48. The first-order chi connectivity index (χ1) is 6.75. The summed E-state index contributed by atoms with van der Waals surface area (Å²) in [6.07, 6.45) is 0. The van der Waals surface area contributed by atoms with Crippen LogP contribution in [0.2, 0.25) is 5.02 Å². The van der Waals surface area contributed by atoms with Gasteiger partial charge in [0.05, 0.1) is 6.61 Å². The van der Waals surface area contributed by atoms with Crippen LogP contribution in [-0.4, -0.2) is 20.3 Å². The molecule has 2 nitrogen and oxygen atoms in total. The lowest BCUT2D eigenvalue weighted by Gasteiger charge is -2.08. The van der Waals surface area contributed by atoms with Crippen molar-refractivity contribution in [2.45, 2.75) is 13.5 Å². The molecule has 0 radical (unpaired) electrons. The van der Waals surface area contributed by atoms with Gasteiger partial charge in [-0.25, -0.2) is 0 Å². The molecule has 0 saturated carbocycles. The molecule has 0 spiro atoms. The Hall–Kier alpha value is -0.570. The Bertz CT molecular complexity index is 289. The van der Waals surface area contributed by atoms with E-state index < -0.39 is 0 Å². The predicted molar refractivity (Wildman–Crippen MR) is 59.8 cm³/mol. The molecule has 0 saturated heterocycles. The third-order valence-electron chi connectivity index (χ3n) is 2.18. The van der Waals surface area contributed by atoms with Gasteiger partial charge < -0.3 is 10.1 Å². The van der Waals surface area contributed by atoms with Gasteiger partial charge in [0.1, 0.15) is 0 Å². The maximum absolute atomic E-state index is 6.00. The molecule has 0 unspecified atom stereocenters. The molecule has 1 aromatic rings. The Kier molecular flexibility index (Phi) is 4.94. The van der Waals surface area contributed by atoms with Gasteiger partial charge in [0.25, 0.3) is 0 Å². The van der Waals surface area contributed by atoms with Gasteiger partial charge in [0.15, 0.2) is 0 Å². The number of hydrogen-bond acceptors (Lipinski definition) is 2. The van der Waals surface area contributed by atoms with Gasteiger partial charge in [-0.3, -0.25) is 0 Å². The summed E-state index contributed by atoms with van der Waals surface area (Å²) in [6, 6.07) is 5.97. The minimum Gasteiger partial charge on any atom is -0.383 e. The van der Waals surface area contributed by atoms with Crippen molar-refractivity contribution in [3.63, 3.8) is 0 Å². The quantitative estimate of drug-likeness (QED) is 0.759. The fourth-order valence-electron chi connectivity index (χ4n) is 1.24. The highest BCUT2D eigenvalue weighted by molar-refractivity contribution is 6.31. The van der Waals surface area contributed by atoms with Crippen LogP contribution in [0.3, 0.4) is 0 Å². The second-order valence-corrected chi connectivity index (χ2v) is 3.60. The zero-order valence-electron chi connectivity index (χ0n) is 8.64. The Morgan fingerprint density at radius 3 is 2.93 bits per heavy atom. The van der Waals surface area contributed by atoms with Gasteiger partial charge >= 0.3 is 0 Å². The largest absolute Gasteiger partial charge is 0.383 e. The molecule has 3 heteroatoms. The van der Waals surface area contributed by atoms with E-state index in [1.54, 1.807) is 7.11 Å². The maximum atomic E-state index is 6.00. The van der Waals surface area contributed by atoms with Crippen LogP contribution in [0.5, 0.6) is 0 Å². The predicted octanol–water partition coefficient (Wildman–Crippen LogP) is 2.38. The molecule has 0 aliphatic rings. The van der Waals surface area contributed by atoms with E-state index in [0.29, 0.717) is 0 Å². The van der Waals surface area contributed by atoms with Crippen LogP contribution in [0.4, 0.5) is 0 Å². The van der Waals surface area contributed by atoms with Gasteiger partial charge in [0, 0.05) is 25.2 Å². The first-order valence-electron chi connectivity index (χ1n) is 4.69. The highest BCUT2D eigenvalue weighted by Crippen LogP contribution is 2.18. The zero-order valence-corrected chi connectivity index (χ0v) is 9.40. The lowest BCUT2D eigenvalue weighted by Crippen LogP contribution is -2.19. The third kappa shape index (κ3) is 3.29. The average Bonchev–Trinajstić information content (AvgIpc) is 2.19. The van der Waals surface area contributed by atoms with Crippen molar-refractivity contribution in [3.8, 4) is 0 Å². The van der Waals surface area contributed by atoms with E-state index in [9.17, 15) is 0 Å². The van der Waals surface area contributed by atoms with E-state index in [-0.39, 0.29) is 0 Å². The topological polar surface area (TPSA) is 21.3 Å². The molecular formula is C11H16ClNO. The zero-order chi connectivity index (χ0) is 10.4. The van der Waals surface area contributed by atoms with Gasteiger partial charge in [-0.15, -0.1) is 0 Å². The molecule has 0 atom stereocenters. The normalized spacial score (nSPS) is 10.5. The Morgan fingerprint density at radius 2 is 2.21 bits per heavy atom. The number of methoxy groups -OCH3 is 1. The molecule has 0 heterocycles. The number of nitrogens with one attached hydrogen (secondary N) is 1. The molecule has 1 aromatic carbocycles. The molecule has 0 aliphatic carbocycles. The highest BCUT2D eigenvalue weighted by atomic mass is 35.5. The molecule has 1 rings (SSSR count). The van der Waals surface area contributed by atoms with Crippen LogP contribution < -0.4 is 5.32 Å². The average molecular weight is 214 g/mol. The van der Waals surface area contributed by atoms with Gasteiger partial charge in [-0.1, -0.05) is 23.7 Å². The number of ether oxygens (including phenoxy) is 1. The Labute approximate surface area is 90.2 Å². The van der Waals surface area contributed by atoms with Crippen LogP contribution in [0, 0.1) is 6.92 Å². The standard InChI is InChI=1S/C11H16ClNO/c1-9-10(4-3-5-11(9)12)8-13-6-7-14-2/h3-5,13H,6-8H2,1-2H3. The van der Waals surface area contributed by atoms with E-state index in [0.717, 1.165) is 30.3 Å². The minimum absolute atomic E-state index is 0.736. The summed E-state index contributed by atoms with van der Waals surface area (Å²) >= 11 is 6.00. The number of rotatable bonds is 5. The van der Waals surface area contributed by atoms with E-state index >= 15 is 0 Å². The molecular weight excluding hydrogens is 198 g/mol. The maximum Gasteiger partial charge on any atom is 0.0587 e. The molecule has 78 valence electrons. The Morgan fingerprint density at radius 1 is 1.43 bits per heavy atom. The third-order valence-corrected chi connectivity index (χ3v) is 2.59. The highest BCUT2D eigenvalue weighted by Gasteiger charge is 2.00. The van der Waals surface area contributed by atoms with Crippen molar-refractivity contribution in [1.29, 1.82) is 0 Å². The summed E-state index contributed by atoms with van der Waals surface area (Å²) < 4.78 is 4.95. The van der Waals surface area contributed by atoms with E-state index in [1.165, 1.54) is 5.56 Å². The first-order valence-corrected chi connectivity index (χ1v) is 5.07. The lowest BCUT2D eigenvalue weighted by molar-refractivity contribution is 0.199. The first kappa shape index (κ1) is 11.5. The summed E-state index contributed by atoms with van der Waals surface area (Å²) in [5.74, 6) is 0. The van der Waals surface area contributed by atoms with E-state index in [2.05, 4.69) is 11.4 Å². The number of hydrogen-bond donors (Lipinski definition) is 1. The van der Waals surface area contributed by atoms with Crippen LogP contribution in [-0.2, 0) is 11.3 Å². The second-order valence-electron chi connectivity index (χ2n) is 3.19. The summed E-state index contributed by atoms with van der Waals surface area (Å²) in [4.78, 5) is 0.